The molecule has 1 N–H and O–H groups in total. The molecular formula is C36H44N6O3. The van der Waals surface area contributed by atoms with Gasteiger partial charge in [0.2, 0.25) is 5.82 Å². The number of esters is 1. The summed E-state index contributed by atoms with van der Waals surface area (Å²) in [5.74, 6) is 0.385. The molecule has 2 aromatic carbocycles. The molecule has 2 aromatic heterocycles. The molecule has 0 spiro atoms. The Morgan fingerprint density at radius 1 is 1.02 bits per heavy atom. The number of hydrogen-bond acceptors (Lipinski definition) is 6. The van der Waals surface area contributed by atoms with E-state index < -0.39 is 5.41 Å². The Hall–Kier alpha value is -4.27. The lowest BCUT2D eigenvalue weighted by Crippen LogP contribution is -2.46. The van der Waals surface area contributed by atoms with E-state index in [-0.39, 0.29) is 17.6 Å². The first-order valence-corrected chi connectivity index (χ1v) is 16.5. The number of H-pyrrole nitrogens is 1. The summed E-state index contributed by atoms with van der Waals surface area (Å²) < 4.78 is 9.93. The van der Waals surface area contributed by atoms with Gasteiger partial charge in [0.1, 0.15) is 0 Å². The first-order chi connectivity index (χ1) is 21.9. The van der Waals surface area contributed by atoms with Gasteiger partial charge in [0.15, 0.2) is 0 Å². The highest BCUT2D eigenvalue weighted by Gasteiger charge is 2.53. The van der Waals surface area contributed by atoms with E-state index in [9.17, 15) is 9.59 Å². The molecule has 3 heterocycles. The number of aromatic nitrogens is 6. The molecule has 0 saturated carbocycles. The smallest absolute Gasteiger partial charge is 0.314 e. The van der Waals surface area contributed by atoms with Crippen LogP contribution in [0.1, 0.15) is 95.5 Å². The first-order valence-electron chi connectivity index (χ1n) is 16.5. The van der Waals surface area contributed by atoms with Crippen LogP contribution < -0.4 is 5.56 Å². The van der Waals surface area contributed by atoms with Crippen molar-refractivity contribution in [1.29, 1.82) is 0 Å². The second kappa shape index (κ2) is 13.0. The highest BCUT2D eigenvalue weighted by atomic mass is 16.5. The normalized spacial score (nSPS) is 17.5. The van der Waals surface area contributed by atoms with Crippen LogP contribution in [0, 0.1) is 5.41 Å². The lowest BCUT2D eigenvalue weighted by molar-refractivity contribution is -0.159. The number of nitrogens with one attached hydrogen (secondary N) is 1. The van der Waals surface area contributed by atoms with Crippen LogP contribution in [-0.4, -0.2) is 42.6 Å². The summed E-state index contributed by atoms with van der Waals surface area (Å²) >= 11 is 0. The third-order valence-corrected chi connectivity index (χ3v) is 9.91. The van der Waals surface area contributed by atoms with Gasteiger partial charge in [-0.3, -0.25) is 14.3 Å². The van der Waals surface area contributed by atoms with Gasteiger partial charge in [-0.2, -0.15) is 5.21 Å². The number of tetrazole rings is 1. The predicted octanol–water partition coefficient (Wildman–Crippen LogP) is 6.84. The Morgan fingerprint density at radius 2 is 1.76 bits per heavy atom. The van der Waals surface area contributed by atoms with E-state index >= 15 is 0 Å². The molecule has 4 aromatic rings. The highest BCUT2D eigenvalue weighted by molar-refractivity contribution is 5.80. The summed E-state index contributed by atoms with van der Waals surface area (Å²) in [6.45, 7) is 9.44. The van der Waals surface area contributed by atoms with Crippen molar-refractivity contribution in [2.45, 2.75) is 98.1 Å². The maximum atomic E-state index is 14.5. The number of carbonyl (C=O) groups excluding carboxylic acids is 1. The number of benzene rings is 2. The lowest BCUT2D eigenvalue weighted by Gasteiger charge is -2.40. The minimum absolute atomic E-state index is 0.0450. The fraction of sp³-hybridized carbons (Fsp3) is 0.472. The molecular weight excluding hydrogens is 564 g/mol. The monoisotopic (exact) mass is 608 g/mol. The molecule has 0 amide bonds. The summed E-state index contributed by atoms with van der Waals surface area (Å²) in [5.41, 5.74) is 7.83. The first kappa shape index (κ1) is 30.7. The van der Waals surface area contributed by atoms with Crippen molar-refractivity contribution in [3.05, 3.63) is 86.9 Å². The van der Waals surface area contributed by atoms with Crippen LogP contribution in [0.4, 0.5) is 0 Å². The van der Waals surface area contributed by atoms with Crippen LogP contribution in [0.2, 0.25) is 0 Å². The summed E-state index contributed by atoms with van der Waals surface area (Å²) in [6.07, 6.45) is 7.70. The molecule has 2 aliphatic rings. The Kier molecular flexibility index (Phi) is 8.88. The van der Waals surface area contributed by atoms with E-state index in [0.717, 1.165) is 78.6 Å². The number of fused-ring (bicyclic) bond motifs is 1. The van der Waals surface area contributed by atoms with Gasteiger partial charge >= 0.3 is 5.97 Å². The topological polar surface area (TPSA) is 108 Å². The van der Waals surface area contributed by atoms with E-state index in [0.29, 0.717) is 31.7 Å². The van der Waals surface area contributed by atoms with E-state index in [1.807, 2.05) is 29.8 Å². The zero-order valence-corrected chi connectivity index (χ0v) is 26.9. The molecule has 0 bridgehead atoms. The third kappa shape index (κ3) is 5.69. The van der Waals surface area contributed by atoms with Crippen molar-refractivity contribution >= 4 is 5.97 Å². The minimum atomic E-state index is -0.740. The summed E-state index contributed by atoms with van der Waals surface area (Å²) in [5, 5.41) is 14.6. The van der Waals surface area contributed by atoms with Crippen molar-refractivity contribution in [1.82, 2.24) is 30.0 Å². The van der Waals surface area contributed by atoms with Crippen molar-refractivity contribution in [2.24, 2.45) is 5.41 Å². The molecule has 0 radical (unpaired) electrons. The van der Waals surface area contributed by atoms with Gasteiger partial charge in [-0.1, -0.05) is 79.4 Å². The van der Waals surface area contributed by atoms with E-state index in [1.165, 1.54) is 11.1 Å². The molecule has 1 aliphatic heterocycles. The van der Waals surface area contributed by atoms with Gasteiger partial charge in [-0.25, -0.2) is 4.68 Å². The molecule has 1 atom stereocenters. The molecule has 0 fully saturated rings. The maximum absolute atomic E-state index is 14.5. The zero-order chi connectivity index (χ0) is 31.6. The number of nitrogens with zero attached hydrogens (tertiary/aromatic N) is 5. The number of hydrogen-bond donors (Lipinski definition) is 1. The Morgan fingerprint density at radius 3 is 2.42 bits per heavy atom. The SMILES string of the molecule is CCCCCc1c(Cc2ccc(-c3ccccc3-c3nn[nH]n3)cc2)c(=O)n2n1CCCC2C1(C(=O)OCC)CC(C)=C(C)C1. The fourth-order valence-corrected chi connectivity index (χ4v) is 7.59. The van der Waals surface area contributed by atoms with Gasteiger partial charge in [-0.15, -0.1) is 10.2 Å². The Bertz CT molecular complexity index is 1730. The standard InChI is InChI=1S/C36H44N6O3/c1-5-7-8-14-31-30(21-26-16-18-27(19-17-26)28-12-9-10-13-29(28)33-37-39-40-38-33)34(43)42-32(15-11-20-41(31)42)36(35(44)45-6-2)22-24(3)25(4)23-36/h9-10,12-13,16-19,32H,5-8,11,14-15,20-23H2,1-4H3,(H,37,38,39,40). The number of carbonyl (C=O) groups is 1. The van der Waals surface area contributed by atoms with Crippen molar-refractivity contribution in [2.75, 3.05) is 6.61 Å². The summed E-state index contributed by atoms with van der Waals surface area (Å²) in [7, 11) is 0. The maximum Gasteiger partial charge on any atom is 0.314 e. The van der Waals surface area contributed by atoms with Crippen LogP contribution in [-0.2, 0) is 28.9 Å². The van der Waals surface area contributed by atoms with E-state index in [4.69, 9.17) is 4.74 Å². The van der Waals surface area contributed by atoms with Crippen LogP contribution in [0.3, 0.4) is 0 Å². The summed E-state index contributed by atoms with van der Waals surface area (Å²) in [6, 6.07) is 16.2. The van der Waals surface area contributed by atoms with Gasteiger partial charge in [-0.05, 0) is 81.2 Å². The van der Waals surface area contributed by atoms with Crippen molar-refractivity contribution < 1.29 is 9.53 Å². The molecule has 1 aliphatic carbocycles. The highest BCUT2D eigenvalue weighted by Crippen LogP contribution is 2.52. The minimum Gasteiger partial charge on any atom is -0.465 e. The average Bonchev–Trinajstić information content (AvgIpc) is 3.76. The van der Waals surface area contributed by atoms with Crippen LogP contribution >= 0.6 is 0 Å². The van der Waals surface area contributed by atoms with E-state index in [2.05, 4.69) is 76.4 Å². The molecule has 236 valence electrons. The van der Waals surface area contributed by atoms with Gasteiger partial charge in [0.25, 0.3) is 5.56 Å². The van der Waals surface area contributed by atoms with Gasteiger partial charge in [0, 0.05) is 29.8 Å². The van der Waals surface area contributed by atoms with Crippen LogP contribution in [0.15, 0.2) is 64.5 Å². The summed E-state index contributed by atoms with van der Waals surface area (Å²) in [4.78, 5) is 28.3. The Labute approximate surface area is 264 Å². The largest absolute Gasteiger partial charge is 0.465 e. The quantitative estimate of drug-likeness (QED) is 0.114. The number of rotatable bonds is 11. The molecule has 0 saturated heterocycles. The van der Waals surface area contributed by atoms with E-state index in [1.54, 1.807) is 0 Å². The van der Waals surface area contributed by atoms with Crippen molar-refractivity contribution in [3.8, 4) is 22.5 Å². The second-order valence-corrected chi connectivity index (χ2v) is 12.8. The third-order valence-electron chi connectivity index (χ3n) is 9.91. The second-order valence-electron chi connectivity index (χ2n) is 12.8. The van der Waals surface area contributed by atoms with Gasteiger partial charge in [0.05, 0.1) is 18.1 Å². The predicted molar refractivity (Wildman–Crippen MR) is 175 cm³/mol. The zero-order valence-electron chi connectivity index (χ0n) is 26.9. The molecule has 1 unspecified atom stereocenters. The van der Waals surface area contributed by atoms with Crippen molar-refractivity contribution in [3.63, 3.8) is 0 Å². The molecule has 6 rings (SSSR count). The number of unbranched alkanes of at least 4 members (excludes halogenated alkanes) is 2. The molecule has 9 heteroatoms. The Balaban J connectivity index is 1.38. The number of aromatic amines is 1. The average molecular weight is 609 g/mol. The lowest BCUT2D eigenvalue weighted by atomic mass is 9.74. The molecule has 45 heavy (non-hydrogen) atoms. The fourth-order valence-electron chi connectivity index (χ4n) is 7.59. The number of ether oxygens (including phenoxy) is 1. The molecule has 9 nitrogen and oxygen atoms in total. The van der Waals surface area contributed by atoms with Crippen LogP contribution in [0.5, 0.6) is 0 Å². The number of allylic oxidation sites excluding steroid dienone is 2. The van der Waals surface area contributed by atoms with Gasteiger partial charge < -0.3 is 4.74 Å². The van der Waals surface area contributed by atoms with Crippen LogP contribution in [0.25, 0.3) is 22.5 Å².